The molecule has 1 aliphatic heterocycles. The molecule has 0 saturated carbocycles. The van der Waals surface area contributed by atoms with Gasteiger partial charge in [-0.1, -0.05) is 60.2 Å². The van der Waals surface area contributed by atoms with Gasteiger partial charge in [0.1, 0.15) is 0 Å². The number of nitrogens with one attached hydrogen (secondary N) is 1. The number of hydrogen-bond donors (Lipinski definition) is 1. The zero-order valence-corrected chi connectivity index (χ0v) is 17.4. The van der Waals surface area contributed by atoms with Crippen molar-refractivity contribution in [3.8, 4) is 0 Å². The molecule has 1 heterocycles. The fraction of sp³-hybridized carbons (Fsp3) is 0.348. The summed E-state index contributed by atoms with van der Waals surface area (Å²) in [5.74, 6) is -0.00808. The van der Waals surface area contributed by atoms with Gasteiger partial charge in [0.15, 0.2) is 0 Å². The number of hydrogen-bond acceptors (Lipinski definition) is 3. The van der Waals surface area contributed by atoms with E-state index in [2.05, 4.69) is 51.5 Å². The summed E-state index contributed by atoms with van der Waals surface area (Å²) in [5.41, 5.74) is 4.04. The molecule has 148 valence electrons. The van der Waals surface area contributed by atoms with E-state index in [1.54, 1.807) is 0 Å². The first-order valence-electron chi connectivity index (χ1n) is 9.74. The molecule has 1 amide bonds. The molecule has 0 atom stereocenters. The number of carbonyl (C=O) groups excluding carboxylic acids is 1. The quantitative estimate of drug-likeness (QED) is 0.792. The molecule has 1 fully saturated rings. The minimum Gasteiger partial charge on any atom is -0.323 e. The zero-order valence-electron chi connectivity index (χ0n) is 16.6. The standard InChI is InChI=1S/C23H28ClN3O/c1-18-15-19(2)23(21(24)16-18)25-22(28)17-27-13-11-26(12-14-27)10-6-9-20-7-4-3-5-8-20/h3-9,15-16H,10-14,17H2,1-2H3,(H,25,28)/b9-6+. The van der Waals surface area contributed by atoms with Gasteiger partial charge in [-0.25, -0.2) is 0 Å². The largest absolute Gasteiger partial charge is 0.323 e. The van der Waals surface area contributed by atoms with E-state index in [1.165, 1.54) is 5.56 Å². The third kappa shape index (κ3) is 5.93. The molecule has 0 aromatic heterocycles. The highest BCUT2D eigenvalue weighted by Crippen LogP contribution is 2.27. The van der Waals surface area contributed by atoms with Gasteiger partial charge in [-0.2, -0.15) is 0 Å². The number of anilines is 1. The number of rotatable bonds is 6. The van der Waals surface area contributed by atoms with Crippen LogP contribution in [-0.2, 0) is 4.79 Å². The molecular formula is C23H28ClN3O. The summed E-state index contributed by atoms with van der Waals surface area (Å²) in [6.07, 6.45) is 4.37. The molecule has 3 rings (SSSR count). The lowest BCUT2D eigenvalue weighted by atomic mass is 10.1. The van der Waals surface area contributed by atoms with Crippen molar-refractivity contribution in [2.24, 2.45) is 0 Å². The third-order valence-corrected chi connectivity index (χ3v) is 5.30. The zero-order chi connectivity index (χ0) is 19.9. The van der Waals surface area contributed by atoms with Crippen LogP contribution in [0.5, 0.6) is 0 Å². The second-order valence-electron chi connectivity index (χ2n) is 7.38. The van der Waals surface area contributed by atoms with Gasteiger partial charge in [0.05, 0.1) is 17.3 Å². The summed E-state index contributed by atoms with van der Waals surface area (Å²) in [6, 6.07) is 14.3. The summed E-state index contributed by atoms with van der Waals surface area (Å²) in [4.78, 5) is 17.1. The molecule has 1 aliphatic rings. The van der Waals surface area contributed by atoms with E-state index in [0.29, 0.717) is 11.6 Å². The average molecular weight is 398 g/mol. The molecule has 0 aliphatic carbocycles. The van der Waals surface area contributed by atoms with Crippen molar-refractivity contribution in [2.45, 2.75) is 13.8 Å². The molecule has 0 bridgehead atoms. The van der Waals surface area contributed by atoms with Crippen LogP contribution < -0.4 is 5.32 Å². The number of piperazine rings is 1. The summed E-state index contributed by atoms with van der Waals surface area (Å²) in [7, 11) is 0. The molecular weight excluding hydrogens is 370 g/mol. The maximum atomic E-state index is 12.4. The van der Waals surface area contributed by atoms with Crippen molar-refractivity contribution in [1.82, 2.24) is 9.80 Å². The van der Waals surface area contributed by atoms with Crippen molar-refractivity contribution >= 4 is 29.3 Å². The first-order chi connectivity index (χ1) is 13.5. The molecule has 2 aromatic carbocycles. The number of amides is 1. The lowest BCUT2D eigenvalue weighted by Gasteiger charge is -2.33. The SMILES string of the molecule is Cc1cc(C)c(NC(=O)CN2CCN(C/C=C/c3ccccc3)CC2)c(Cl)c1. The normalized spacial score (nSPS) is 15.8. The average Bonchev–Trinajstić information content (AvgIpc) is 2.67. The van der Waals surface area contributed by atoms with E-state index in [1.807, 2.05) is 32.0 Å². The van der Waals surface area contributed by atoms with Crippen molar-refractivity contribution in [3.63, 3.8) is 0 Å². The van der Waals surface area contributed by atoms with Crippen LogP contribution >= 0.6 is 11.6 Å². The Morgan fingerprint density at radius 2 is 1.75 bits per heavy atom. The first kappa shape index (κ1) is 20.6. The van der Waals surface area contributed by atoms with Gasteiger partial charge in [-0.3, -0.25) is 14.6 Å². The minimum atomic E-state index is -0.00808. The molecule has 0 radical (unpaired) electrons. The van der Waals surface area contributed by atoms with Crippen molar-refractivity contribution in [1.29, 1.82) is 0 Å². The number of benzene rings is 2. The Morgan fingerprint density at radius 3 is 2.43 bits per heavy atom. The fourth-order valence-electron chi connectivity index (χ4n) is 3.49. The monoisotopic (exact) mass is 397 g/mol. The molecule has 0 spiro atoms. The Hall–Kier alpha value is -2.14. The number of halogens is 1. The van der Waals surface area contributed by atoms with Gasteiger partial charge in [-0.05, 0) is 36.6 Å². The van der Waals surface area contributed by atoms with E-state index in [9.17, 15) is 4.79 Å². The summed E-state index contributed by atoms with van der Waals surface area (Å²) in [6.45, 7) is 9.04. The van der Waals surface area contributed by atoms with Gasteiger partial charge in [0.25, 0.3) is 0 Å². The van der Waals surface area contributed by atoms with Gasteiger partial charge in [0, 0.05) is 32.7 Å². The van der Waals surface area contributed by atoms with Gasteiger partial charge in [0.2, 0.25) is 5.91 Å². The molecule has 1 saturated heterocycles. The molecule has 28 heavy (non-hydrogen) atoms. The van der Waals surface area contributed by atoms with E-state index in [-0.39, 0.29) is 5.91 Å². The molecule has 1 N–H and O–H groups in total. The van der Waals surface area contributed by atoms with Gasteiger partial charge in [-0.15, -0.1) is 0 Å². The minimum absolute atomic E-state index is 0.00808. The number of aryl methyl sites for hydroxylation is 2. The Bertz CT molecular complexity index is 804. The van der Waals surface area contributed by atoms with Crippen molar-refractivity contribution in [3.05, 3.63) is 70.3 Å². The predicted octanol–water partition coefficient (Wildman–Crippen LogP) is 4.23. The lowest BCUT2D eigenvalue weighted by molar-refractivity contribution is -0.117. The Morgan fingerprint density at radius 1 is 1.07 bits per heavy atom. The van der Waals surface area contributed by atoms with E-state index < -0.39 is 0 Å². The second-order valence-corrected chi connectivity index (χ2v) is 7.78. The Kier molecular flexibility index (Phi) is 7.26. The van der Waals surface area contributed by atoms with Gasteiger partial charge >= 0.3 is 0 Å². The molecule has 5 heteroatoms. The van der Waals surface area contributed by atoms with Crippen molar-refractivity contribution in [2.75, 3.05) is 44.6 Å². The van der Waals surface area contributed by atoms with Crippen LogP contribution in [-0.4, -0.2) is 55.0 Å². The summed E-state index contributed by atoms with van der Waals surface area (Å²) in [5, 5.41) is 3.58. The topological polar surface area (TPSA) is 35.6 Å². The number of carbonyl (C=O) groups is 1. The Labute approximate surface area is 172 Å². The van der Waals surface area contributed by atoms with Crippen LogP contribution in [0.15, 0.2) is 48.5 Å². The van der Waals surface area contributed by atoms with Crippen LogP contribution in [0.25, 0.3) is 6.08 Å². The number of nitrogens with zero attached hydrogens (tertiary/aromatic N) is 2. The van der Waals surface area contributed by atoms with Crippen LogP contribution in [0.1, 0.15) is 16.7 Å². The lowest BCUT2D eigenvalue weighted by Crippen LogP contribution is -2.48. The first-order valence-corrected chi connectivity index (χ1v) is 10.1. The highest BCUT2D eigenvalue weighted by atomic mass is 35.5. The van der Waals surface area contributed by atoms with Crippen LogP contribution in [0.4, 0.5) is 5.69 Å². The van der Waals surface area contributed by atoms with E-state index in [0.717, 1.165) is 49.5 Å². The van der Waals surface area contributed by atoms with Gasteiger partial charge < -0.3 is 5.32 Å². The van der Waals surface area contributed by atoms with Crippen molar-refractivity contribution < 1.29 is 4.79 Å². The van der Waals surface area contributed by atoms with Crippen LogP contribution in [0.2, 0.25) is 5.02 Å². The van der Waals surface area contributed by atoms with Crippen LogP contribution in [0.3, 0.4) is 0 Å². The smallest absolute Gasteiger partial charge is 0.238 e. The molecule has 2 aromatic rings. The maximum absolute atomic E-state index is 12.4. The fourth-order valence-corrected chi connectivity index (χ4v) is 3.86. The summed E-state index contributed by atoms with van der Waals surface area (Å²) < 4.78 is 0. The van der Waals surface area contributed by atoms with E-state index in [4.69, 9.17) is 11.6 Å². The Balaban J connectivity index is 1.43. The maximum Gasteiger partial charge on any atom is 0.238 e. The second kappa shape index (κ2) is 9.87. The highest BCUT2D eigenvalue weighted by molar-refractivity contribution is 6.34. The summed E-state index contributed by atoms with van der Waals surface area (Å²) >= 11 is 6.29. The molecule has 4 nitrogen and oxygen atoms in total. The van der Waals surface area contributed by atoms with E-state index >= 15 is 0 Å². The highest BCUT2D eigenvalue weighted by Gasteiger charge is 2.19. The third-order valence-electron chi connectivity index (χ3n) is 5.00. The molecule has 0 unspecified atom stereocenters. The predicted molar refractivity (Wildman–Crippen MR) is 118 cm³/mol. The van der Waals surface area contributed by atoms with Crippen LogP contribution in [0, 0.1) is 13.8 Å².